The highest BCUT2D eigenvalue weighted by atomic mass is 35.5. The summed E-state index contributed by atoms with van der Waals surface area (Å²) in [4.78, 5) is 12.2. The Labute approximate surface area is 161 Å². The Morgan fingerprint density at radius 1 is 1.19 bits per heavy atom. The third-order valence-corrected chi connectivity index (χ3v) is 4.63. The van der Waals surface area contributed by atoms with Crippen LogP contribution in [0.5, 0.6) is 5.75 Å². The molecule has 0 aliphatic carbocycles. The molecule has 0 unspecified atom stereocenters. The summed E-state index contributed by atoms with van der Waals surface area (Å²) in [5, 5.41) is 8.84. The van der Waals surface area contributed by atoms with Gasteiger partial charge in [0.25, 0.3) is 0 Å². The number of hydrogen-bond acceptors (Lipinski definition) is 5. The Bertz CT molecular complexity index is 1000. The van der Waals surface area contributed by atoms with Crippen LogP contribution < -0.4 is 4.74 Å². The van der Waals surface area contributed by atoms with Crippen molar-refractivity contribution in [3.05, 3.63) is 70.3 Å². The van der Waals surface area contributed by atoms with Gasteiger partial charge in [-0.3, -0.25) is 4.57 Å². The quantitative estimate of drug-likeness (QED) is 0.627. The van der Waals surface area contributed by atoms with Crippen molar-refractivity contribution in [1.29, 1.82) is 0 Å². The maximum Gasteiger partial charge on any atom is 0.376 e. The molecule has 6 nitrogen and oxygen atoms in total. The minimum Gasteiger partial charge on any atom is -0.489 e. The van der Waals surface area contributed by atoms with Gasteiger partial charge in [0.2, 0.25) is 5.82 Å². The largest absolute Gasteiger partial charge is 0.489 e. The predicted octanol–water partition coefficient (Wildman–Crippen LogP) is 3.78. The molecule has 0 saturated heterocycles. The van der Waals surface area contributed by atoms with E-state index < -0.39 is 5.97 Å². The first-order valence-corrected chi connectivity index (χ1v) is 9.15. The van der Waals surface area contributed by atoms with E-state index in [1.807, 2.05) is 42.5 Å². The van der Waals surface area contributed by atoms with Crippen LogP contribution in [-0.4, -0.2) is 27.3 Å². The number of carbonyl (C=O) groups excluding carboxylic acids is 1. The van der Waals surface area contributed by atoms with Crippen LogP contribution in [0.2, 0.25) is 5.02 Å². The number of carbonyl (C=O) groups is 1. The average Bonchev–Trinajstić information content (AvgIpc) is 3.11. The van der Waals surface area contributed by atoms with E-state index in [2.05, 4.69) is 10.2 Å². The van der Waals surface area contributed by atoms with Gasteiger partial charge in [-0.2, -0.15) is 0 Å². The van der Waals surface area contributed by atoms with Crippen molar-refractivity contribution >= 4 is 17.6 Å². The highest BCUT2D eigenvalue weighted by molar-refractivity contribution is 6.30. The SMILES string of the molecule is CCOC(=O)c1nnc2n1-c1ccc(OCc3cccc(Cl)c3)cc1CC2. The van der Waals surface area contributed by atoms with Crippen LogP contribution >= 0.6 is 11.6 Å². The molecule has 138 valence electrons. The van der Waals surface area contributed by atoms with E-state index in [-0.39, 0.29) is 5.82 Å². The standard InChI is InChI=1S/C20H18ClN3O3/c1-2-26-20(25)19-23-22-18-9-6-14-11-16(7-8-17(14)24(18)19)27-12-13-4-3-5-15(21)10-13/h3-5,7-8,10-11H,2,6,9,12H2,1H3. The number of aryl methyl sites for hydroxylation is 2. The molecule has 0 spiro atoms. The summed E-state index contributed by atoms with van der Waals surface area (Å²) in [7, 11) is 0. The molecule has 1 aliphatic heterocycles. The molecule has 0 saturated carbocycles. The van der Waals surface area contributed by atoms with Gasteiger partial charge in [-0.25, -0.2) is 4.79 Å². The third kappa shape index (κ3) is 3.53. The number of esters is 1. The lowest BCUT2D eigenvalue weighted by Gasteiger charge is -2.20. The van der Waals surface area contributed by atoms with Crippen LogP contribution in [0.1, 0.15) is 34.5 Å². The Morgan fingerprint density at radius 2 is 2.07 bits per heavy atom. The van der Waals surface area contributed by atoms with Crippen molar-refractivity contribution in [1.82, 2.24) is 14.8 Å². The molecule has 3 aromatic rings. The molecule has 0 atom stereocenters. The number of benzene rings is 2. The zero-order valence-corrected chi connectivity index (χ0v) is 15.6. The molecule has 4 rings (SSSR count). The lowest BCUT2D eigenvalue weighted by Crippen LogP contribution is -2.18. The first kappa shape index (κ1) is 17.5. The van der Waals surface area contributed by atoms with Gasteiger partial charge < -0.3 is 9.47 Å². The van der Waals surface area contributed by atoms with E-state index >= 15 is 0 Å². The van der Waals surface area contributed by atoms with Crippen molar-refractivity contribution in [3.8, 4) is 11.4 Å². The zero-order chi connectivity index (χ0) is 18.8. The van der Waals surface area contributed by atoms with Crippen LogP contribution in [0.3, 0.4) is 0 Å². The summed E-state index contributed by atoms with van der Waals surface area (Å²) >= 11 is 6.01. The molecule has 7 heteroatoms. The fourth-order valence-electron chi connectivity index (χ4n) is 3.17. The molecule has 1 aliphatic rings. The van der Waals surface area contributed by atoms with Gasteiger partial charge in [-0.05, 0) is 54.8 Å². The molecule has 0 radical (unpaired) electrons. The fraction of sp³-hybridized carbons (Fsp3) is 0.250. The van der Waals surface area contributed by atoms with E-state index in [0.29, 0.717) is 24.7 Å². The first-order valence-electron chi connectivity index (χ1n) is 8.77. The Morgan fingerprint density at radius 3 is 2.89 bits per heavy atom. The van der Waals surface area contributed by atoms with Crippen LogP contribution in [0.25, 0.3) is 5.69 Å². The summed E-state index contributed by atoms with van der Waals surface area (Å²) in [5.41, 5.74) is 2.97. The van der Waals surface area contributed by atoms with Crippen LogP contribution in [-0.2, 0) is 24.2 Å². The van der Waals surface area contributed by atoms with Gasteiger partial charge in [0.15, 0.2) is 0 Å². The fourth-order valence-corrected chi connectivity index (χ4v) is 3.38. The van der Waals surface area contributed by atoms with E-state index in [0.717, 1.165) is 34.8 Å². The van der Waals surface area contributed by atoms with Gasteiger partial charge in [0.1, 0.15) is 18.2 Å². The van der Waals surface area contributed by atoms with E-state index in [1.165, 1.54) is 0 Å². The predicted molar refractivity (Wildman–Crippen MR) is 101 cm³/mol. The van der Waals surface area contributed by atoms with E-state index in [9.17, 15) is 4.79 Å². The molecule has 0 amide bonds. The molecule has 2 aromatic carbocycles. The number of halogens is 1. The summed E-state index contributed by atoms with van der Waals surface area (Å²) < 4.78 is 12.8. The van der Waals surface area contributed by atoms with Crippen molar-refractivity contribution in [3.63, 3.8) is 0 Å². The normalized spacial score (nSPS) is 12.2. The van der Waals surface area contributed by atoms with E-state index in [1.54, 1.807) is 11.5 Å². The molecule has 0 N–H and O–H groups in total. The number of fused-ring (bicyclic) bond motifs is 3. The van der Waals surface area contributed by atoms with Gasteiger partial charge in [0, 0.05) is 11.4 Å². The van der Waals surface area contributed by atoms with Gasteiger partial charge >= 0.3 is 5.97 Å². The van der Waals surface area contributed by atoms with Gasteiger partial charge in [-0.15, -0.1) is 10.2 Å². The smallest absolute Gasteiger partial charge is 0.376 e. The Hall–Kier alpha value is -2.86. The molecular weight excluding hydrogens is 366 g/mol. The highest BCUT2D eigenvalue weighted by Gasteiger charge is 2.26. The van der Waals surface area contributed by atoms with Crippen molar-refractivity contribution < 1.29 is 14.3 Å². The monoisotopic (exact) mass is 383 g/mol. The topological polar surface area (TPSA) is 66.2 Å². The molecule has 2 heterocycles. The van der Waals surface area contributed by atoms with Gasteiger partial charge in [0.05, 0.1) is 12.3 Å². The average molecular weight is 384 g/mol. The second-order valence-electron chi connectivity index (χ2n) is 6.20. The van der Waals surface area contributed by atoms with Crippen molar-refractivity contribution in [2.75, 3.05) is 6.61 Å². The van der Waals surface area contributed by atoms with Crippen LogP contribution in [0, 0.1) is 0 Å². The lowest BCUT2D eigenvalue weighted by molar-refractivity contribution is 0.0509. The molecule has 0 bridgehead atoms. The third-order valence-electron chi connectivity index (χ3n) is 4.39. The second-order valence-corrected chi connectivity index (χ2v) is 6.64. The zero-order valence-electron chi connectivity index (χ0n) is 14.8. The molecule has 27 heavy (non-hydrogen) atoms. The van der Waals surface area contributed by atoms with Gasteiger partial charge in [-0.1, -0.05) is 23.7 Å². The number of nitrogens with zero attached hydrogens (tertiary/aromatic N) is 3. The Kier molecular flexibility index (Phi) is 4.81. The molecule has 0 fully saturated rings. The minimum atomic E-state index is -0.467. The lowest BCUT2D eigenvalue weighted by atomic mass is 10.0. The van der Waals surface area contributed by atoms with E-state index in [4.69, 9.17) is 21.1 Å². The van der Waals surface area contributed by atoms with Crippen LogP contribution in [0.15, 0.2) is 42.5 Å². The number of rotatable bonds is 5. The summed E-state index contributed by atoms with van der Waals surface area (Å²) in [6, 6.07) is 13.4. The Balaban J connectivity index is 1.59. The van der Waals surface area contributed by atoms with Crippen molar-refractivity contribution in [2.45, 2.75) is 26.4 Å². The summed E-state index contributed by atoms with van der Waals surface area (Å²) in [6.07, 6.45) is 1.52. The number of aromatic nitrogens is 3. The highest BCUT2D eigenvalue weighted by Crippen LogP contribution is 2.29. The molecular formula is C20H18ClN3O3. The minimum absolute atomic E-state index is 0.209. The van der Waals surface area contributed by atoms with Crippen LogP contribution in [0.4, 0.5) is 0 Å². The summed E-state index contributed by atoms with van der Waals surface area (Å²) in [5.74, 6) is 1.27. The number of ether oxygens (including phenoxy) is 2. The first-order chi connectivity index (χ1) is 13.2. The molecule has 1 aromatic heterocycles. The van der Waals surface area contributed by atoms with Crippen molar-refractivity contribution in [2.24, 2.45) is 0 Å². The number of hydrogen-bond donors (Lipinski definition) is 0. The second kappa shape index (κ2) is 7.40. The maximum atomic E-state index is 12.2. The maximum absolute atomic E-state index is 12.2. The summed E-state index contributed by atoms with van der Waals surface area (Å²) in [6.45, 7) is 2.50.